The van der Waals surface area contributed by atoms with Crippen LogP contribution in [0.25, 0.3) is 33.1 Å². The summed E-state index contributed by atoms with van der Waals surface area (Å²) >= 11 is 0. The van der Waals surface area contributed by atoms with Gasteiger partial charge in [-0.2, -0.15) is 0 Å². The van der Waals surface area contributed by atoms with Gasteiger partial charge in [-0.05, 0) is 64.7 Å². The molecule has 1 fully saturated rings. The standard InChI is InChI=1S/C29H33N3O5/c1-29(2,3)37-28(33)32-18-9-11-19(12-10-18)35-20-14-21-22(16-31-27(30)26(21)25(15-20)34-4)24-13-17-7-5-6-8-23(17)36-24/h5-8,13-16,18-19H,9-12H2,1-4H3,(H2,30,31)(H,32,33)/t18-,19-. The lowest BCUT2D eigenvalue weighted by molar-refractivity contribution is 0.0471. The van der Waals surface area contributed by atoms with E-state index >= 15 is 0 Å². The number of amides is 1. The normalized spacial score (nSPS) is 18.1. The van der Waals surface area contributed by atoms with E-state index in [9.17, 15) is 4.79 Å². The molecule has 37 heavy (non-hydrogen) atoms. The predicted octanol–water partition coefficient (Wildman–Crippen LogP) is 6.45. The van der Waals surface area contributed by atoms with Crippen molar-refractivity contribution in [2.75, 3.05) is 12.8 Å². The fourth-order valence-corrected chi connectivity index (χ4v) is 4.87. The Labute approximate surface area is 216 Å². The van der Waals surface area contributed by atoms with Crippen LogP contribution in [0.1, 0.15) is 46.5 Å². The number of nitrogens with zero attached hydrogens (tertiary/aromatic N) is 1. The first kappa shape index (κ1) is 24.7. The maximum atomic E-state index is 12.1. The fourth-order valence-electron chi connectivity index (χ4n) is 4.87. The summed E-state index contributed by atoms with van der Waals surface area (Å²) in [5.74, 6) is 2.37. The van der Waals surface area contributed by atoms with Crippen LogP contribution in [0.15, 0.2) is 53.1 Å². The number of ether oxygens (including phenoxy) is 3. The number of para-hydroxylation sites is 1. The van der Waals surface area contributed by atoms with Gasteiger partial charge in [-0.1, -0.05) is 18.2 Å². The van der Waals surface area contributed by atoms with Gasteiger partial charge in [-0.25, -0.2) is 9.78 Å². The van der Waals surface area contributed by atoms with Gasteiger partial charge in [-0.3, -0.25) is 0 Å². The molecule has 194 valence electrons. The smallest absolute Gasteiger partial charge is 0.407 e. The third kappa shape index (κ3) is 5.43. The van der Waals surface area contributed by atoms with Crippen molar-refractivity contribution in [3.8, 4) is 22.8 Å². The number of fused-ring (bicyclic) bond motifs is 2. The summed E-state index contributed by atoms with van der Waals surface area (Å²) in [7, 11) is 1.61. The Bertz CT molecular complexity index is 1400. The molecule has 0 unspecified atom stereocenters. The first-order valence-corrected chi connectivity index (χ1v) is 12.6. The van der Waals surface area contributed by atoms with E-state index in [0.29, 0.717) is 23.1 Å². The van der Waals surface area contributed by atoms with Gasteiger partial charge in [0.1, 0.15) is 34.3 Å². The zero-order chi connectivity index (χ0) is 26.2. The molecule has 3 N–H and O–H groups in total. The quantitative estimate of drug-likeness (QED) is 0.322. The molecular formula is C29H33N3O5. The van der Waals surface area contributed by atoms with Crippen molar-refractivity contribution in [1.82, 2.24) is 10.3 Å². The number of rotatable bonds is 5. The molecule has 1 aliphatic rings. The number of methoxy groups -OCH3 is 1. The van der Waals surface area contributed by atoms with Crippen molar-refractivity contribution in [2.24, 2.45) is 0 Å². The number of pyridine rings is 1. The molecule has 0 bridgehead atoms. The second-order valence-electron chi connectivity index (χ2n) is 10.5. The third-order valence-corrected chi connectivity index (χ3v) is 6.56. The highest BCUT2D eigenvalue weighted by atomic mass is 16.6. The number of nitrogens with one attached hydrogen (secondary N) is 1. The molecule has 0 aliphatic heterocycles. The summed E-state index contributed by atoms with van der Waals surface area (Å²) in [6.07, 6.45) is 4.64. The van der Waals surface area contributed by atoms with Crippen LogP contribution in [-0.4, -0.2) is 35.9 Å². The van der Waals surface area contributed by atoms with Gasteiger partial charge in [0.05, 0.1) is 18.6 Å². The van der Waals surface area contributed by atoms with Gasteiger partial charge >= 0.3 is 6.09 Å². The molecule has 8 heteroatoms. The van der Waals surface area contributed by atoms with Gasteiger partial charge < -0.3 is 29.7 Å². The largest absolute Gasteiger partial charge is 0.496 e. The van der Waals surface area contributed by atoms with Crippen molar-refractivity contribution in [2.45, 2.75) is 64.2 Å². The molecule has 0 spiro atoms. The van der Waals surface area contributed by atoms with Gasteiger partial charge in [0, 0.05) is 34.6 Å². The SMILES string of the molecule is COc1cc(O[C@H]2CC[C@H](NC(=O)OC(C)(C)C)CC2)cc2c(-c3cc4ccccc4o3)cnc(N)c12. The lowest BCUT2D eigenvalue weighted by Crippen LogP contribution is -2.42. The number of carbonyl (C=O) groups is 1. The molecular weight excluding hydrogens is 470 g/mol. The van der Waals surface area contributed by atoms with Crippen LogP contribution in [-0.2, 0) is 4.74 Å². The van der Waals surface area contributed by atoms with E-state index in [1.807, 2.05) is 63.2 Å². The molecule has 2 aromatic carbocycles. The van der Waals surface area contributed by atoms with Crippen molar-refractivity contribution in [3.63, 3.8) is 0 Å². The Balaban J connectivity index is 1.38. The maximum absolute atomic E-state index is 12.1. The Hall–Kier alpha value is -3.94. The number of hydrogen-bond acceptors (Lipinski definition) is 7. The van der Waals surface area contributed by atoms with Gasteiger partial charge in [0.25, 0.3) is 0 Å². The molecule has 2 heterocycles. The third-order valence-electron chi connectivity index (χ3n) is 6.56. The number of alkyl carbamates (subject to hydrolysis) is 1. The summed E-state index contributed by atoms with van der Waals surface area (Å²) in [5, 5.41) is 5.56. The van der Waals surface area contributed by atoms with E-state index in [-0.39, 0.29) is 18.2 Å². The summed E-state index contributed by atoms with van der Waals surface area (Å²) < 4.78 is 23.6. The number of nitrogens with two attached hydrogens (primary N) is 1. The molecule has 1 aliphatic carbocycles. The number of furan rings is 1. The Morgan fingerprint density at radius 2 is 1.86 bits per heavy atom. The lowest BCUT2D eigenvalue weighted by Gasteiger charge is -2.30. The van der Waals surface area contributed by atoms with Crippen LogP contribution in [0.3, 0.4) is 0 Å². The van der Waals surface area contributed by atoms with Crippen LogP contribution >= 0.6 is 0 Å². The topological polar surface area (TPSA) is 109 Å². The van der Waals surface area contributed by atoms with Crippen LogP contribution in [0.5, 0.6) is 11.5 Å². The molecule has 0 atom stereocenters. The fraction of sp³-hybridized carbons (Fsp3) is 0.379. The minimum Gasteiger partial charge on any atom is -0.496 e. The highest BCUT2D eigenvalue weighted by molar-refractivity contribution is 6.05. The zero-order valence-electron chi connectivity index (χ0n) is 21.7. The molecule has 5 rings (SSSR count). The predicted molar refractivity (Wildman–Crippen MR) is 144 cm³/mol. The van der Waals surface area contributed by atoms with Crippen LogP contribution in [0, 0.1) is 0 Å². The highest BCUT2D eigenvalue weighted by Gasteiger charge is 2.26. The Morgan fingerprint density at radius 3 is 2.57 bits per heavy atom. The Morgan fingerprint density at radius 1 is 1.11 bits per heavy atom. The van der Waals surface area contributed by atoms with Crippen molar-refractivity contribution >= 4 is 33.7 Å². The minimum atomic E-state index is -0.514. The summed E-state index contributed by atoms with van der Waals surface area (Å²) in [6, 6.07) is 13.8. The number of benzene rings is 2. The summed E-state index contributed by atoms with van der Waals surface area (Å²) in [4.78, 5) is 16.5. The van der Waals surface area contributed by atoms with E-state index in [1.165, 1.54) is 0 Å². The first-order valence-electron chi connectivity index (χ1n) is 12.6. The second-order valence-corrected chi connectivity index (χ2v) is 10.5. The molecule has 8 nitrogen and oxygen atoms in total. The zero-order valence-corrected chi connectivity index (χ0v) is 21.7. The van der Waals surface area contributed by atoms with Crippen LogP contribution in [0.4, 0.5) is 10.6 Å². The Kier molecular flexibility index (Phi) is 6.58. The highest BCUT2D eigenvalue weighted by Crippen LogP contribution is 2.41. The number of nitrogen functional groups attached to an aromatic ring is 1. The van der Waals surface area contributed by atoms with E-state index in [0.717, 1.165) is 53.0 Å². The van der Waals surface area contributed by atoms with Gasteiger partial charge in [-0.15, -0.1) is 0 Å². The summed E-state index contributed by atoms with van der Waals surface area (Å²) in [6.45, 7) is 5.58. The number of carbonyl (C=O) groups excluding carboxylic acids is 1. The monoisotopic (exact) mass is 503 g/mol. The average molecular weight is 504 g/mol. The molecule has 1 saturated carbocycles. The number of hydrogen-bond donors (Lipinski definition) is 2. The second kappa shape index (κ2) is 9.84. The van der Waals surface area contributed by atoms with Crippen LogP contribution < -0.4 is 20.5 Å². The van der Waals surface area contributed by atoms with Crippen molar-refractivity contribution < 1.29 is 23.4 Å². The molecule has 2 aromatic heterocycles. The first-order chi connectivity index (χ1) is 17.7. The molecule has 0 saturated heterocycles. The van der Waals surface area contributed by atoms with Gasteiger partial charge in [0.15, 0.2) is 0 Å². The van der Waals surface area contributed by atoms with Crippen molar-refractivity contribution in [1.29, 1.82) is 0 Å². The van der Waals surface area contributed by atoms with Crippen LogP contribution in [0.2, 0.25) is 0 Å². The van der Waals surface area contributed by atoms with Crippen molar-refractivity contribution in [3.05, 3.63) is 48.7 Å². The van der Waals surface area contributed by atoms with E-state index in [4.69, 9.17) is 24.4 Å². The van der Waals surface area contributed by atoms with E-state index < -0.39 is 5.60 Å². The summed E-state index contributed by atoms with van der Waals surface area (Å²) in [5.41, 5.74) is 7.38. The lowest BCUT2D eigenvalue weighted by atomic mass is 9.93. The van der Waals surface area contributed by atoms with E-state index in [1.54, 1.807) is 13.3 Å². The molecule has 4 aromatic rings. The minimum absolute atomic E-state index is 0.0210. The van der Waals surface area contributed by atoms with Gasteiger partial charge in [0.2, 0.25) is 0 Å². The molecule has 1 amide bonds. The average Bonchev–Trinajstić information content (AvgIpc) is 3.28. The number of anilines is 1. The van der Waals surface area contributed by atoms with E-state index in [2.05, 4.69) is 10.3 Å². The molecule has 0 radical (unpaired) electrons. The maximum Gasteiger partial charge on any atom is 0.407 e. The number of aromatic nitrogens is 1.